The standard InChI is InChI=1S/C16H22ClN5/c1-18-16(20-10-8-14-11-21-22(2)12-14)19-9-7-13-3-5-15(17)6-4-13/h3-6,11-12H,7-10H2,1-2H3,(H2,18,19,20). The first-order chi connectivity index (χ1) is 10.7. The van der Waals surface area contributed by atoms with Gasteiger partial charge in [0.05, 0.1) is 6.20 Å². The highest BCUT2D eigenvalue weighted by Gasteiger charge is 2.00. The van der Waals surface area contributed by atoms with Crippen LogP contribution in [0, 0.1) is 0 Å². The summed E-state index contributed by atoms with van der Waals surface area (Å²) in [6.45, 7) is 1.65. The molecule has 0 bridgehead atoms. The van der Waals surface area contributed by atoms with Crippen LogP contribution >= 0.6 is 11.6 Å². The molecular formula is C16H22ClN5. The zero-order chi connectivity index (χ0) is 15.8. The summed E-state index contributed by atoms with van der Waals surface area (Å²) in [5, 5.41) is 11.5. The monoisotopic (exact) mass is 319 g/mol. The van der Waals surface area contributed by atoms with E-state index in [-0.39, 0.29) is 0 Å². The van der Waals surface area contributed by atoms with E-state index >= 15 is 0 Å². The van der Waals surface area contributed by atoms with Crippen LogP contribution in [0.2, 0.25) is 5.02 Å². The number of benzene rings is 1. The summed E-state index contributed by atoms with van der Waals surface area (Å²) >= 11 is 5.88. The molecule has 1 heterocycles. The second-order valence-electron chi connectivity index (χ2n) is 5.07. The second-order valence-corrected chi connectivity index (χ2v) is 5.51. The Bertz CT molecular complexity index is 603. The Morgan fingerprint density at radius 3 is 2.32 bits per heavy atom. The first-order valence-electron chi connectivity index (χ1n) is 7.34. The van der Waals surface area contributed by atoms with Crippen LogP contribution in [0.15, 0.2) is 41.7 Å². The summed E-state index contributed by atoms with van der Waals surface area (Å²) in [4.78, 5) is 4.22. The largest absolute Gasteiger partial charge is 0.356 e. The van der Waals surface area contributed by atoms with Crippen LogP contribution in [0.3, 0.4) is 0 Å². The van der Waals surface area contributed by atoms with E-state index in [2.05, 4.69) is 20.7 Å². The topological polar surface area (TPSA) is 54.2 Å². The molecule has 2 aromatic rings. The molecule has 0 saturated carbocycles. The number of aryl methyl sites for hydroxylation is 1. The van der Waals surface area contributed by atoms with Gasteiger partial charge >= 0.3 is 0 Å². The van der Waals surface area contributed by atoms with E-state index in [1.54, 1.807) is 7.05 Å². The van der Waals surface area contributed by atoms with Crippen molar-refractivity contribution in [2.24, 2.45) is 12.0 Å². The SMILES string of the molecule is CN=C(NCCc1ccc(Cl)cc1)NCCc1cnn(C)c1. The van der Waals surface area contributed by atoms with E-state index in [0.717, 1.165) is 36.9 Å². The fourth-order valence-corrected chi connectivity index (χ4v) is 2.25. The molecule has 0 unspecified atom stereocenters. The number of hydrogen-bond donors (Lipinski definition) is 2. The Balaban J connectivity index is 1.67. The Morgan fingerprint density at radius 2 is 1.77 bits per heavy atom. The van der Waals surface area contributed by atoms with Crippen molar-refractivity contribution >= 4 is 17.6 Å². The van der Waals surface area contributed by atoms with Gasteiger partial charge in [-0.3, -0.25) is 9.67 Å². The number of nitrogens with one attached hydrogen (secondary N) is 2. The molecule has 22 heavy (non-hydrogen) atoms. The number of aromatic nitrogens is 2. The van der Waals surface area contributed by atoms with Gasteiger partial charge in [0.2, 0.25) is 0 Å². The van der Waals surface area contributed by atoms with Gasteiger partial charge in [-0.1, -0.05) is 23.7 Å². The molecular weight excluding hydrogens is 298 g/mol. The Morgan fingerprint density at radius 1 is 1.14 bits per heavy atom. The van der Waals surface area contributed by atoms with Crippen LogP contribution in [0.5, 0.6) is 0 Å². The minimum absolute atomic E-state index is 0.768. The van der Waals surface area contributed by atoms with Crippen molar-refractivity contribution in [3.8, 4) is 0 Å². The van der Waals surface area contributed by atoms with Crippen molar-refractivity contribution in [2.75, 3.05) is 20.1 Å². The lowest BCUT2D eigenvalue weighted by Gasteiger charge is -2.11. The number of guanidine groups is 1. The quantitative estimate of drug-likeness (QED) is 0.633. The van der Waals surface area contributed by atoms with Crippen molar-refractivity contribution in [3.05, 3.63) is 52.8 Å². The minimum atomic E-state index is 0.768. The van der Waals surface area contributed by atoms with Gasteiger partial charge in [0.25, 0.3) is 0 Å². The van der Waals surface area contributed by atoms with Crippen LogP contribution in [0.1, 0.15) is 11.1 Å². The van der Waals surface area contributed by atoms with Crippen molar-refractivity contribution < 1.29 is 0 Å². The fraction of sp³-hybridized carbons (Fsp3) is 0.375. The third kappa shape index (κ3) is 5.41. The number of hydrogen-bond acceptors (Lipinski definition) is 2. The summed E-state index contributed by atoms with van der Waals surface area (Å²) in [7, 11) is 3.70. The molecule has 1 aromatic carbocycles. The minimum Gasteiger partial charge on any atom is -0.356 e. The third-order valence-corrected chi connectivity index (χ3v) is 3.56. The van der Waals surface area contributed by atoms with E-state index in [1.165, 1.54) is 11.1 Å². The maximum atomic E-state index is 5.88. The van der Waals surface area contributed by atoms with E-state index in [1.807, 2.05) is 48.4 Å². The number of rotatable bonds is 6. The van der Waals surface area contributed by atoms with Crippen molar-refractivity contribution in [1.82, 2.24) is 20.4 Å². The highest BCUT2D eigenvalue weighted by Crippen LogP contribution is 2.09. The summed E-state index contributed by atoms with van der Waals surface area (Å²) in [6.07, 6.45) is 5.77. The van der Waals surface area contributed by atoms with Gasteiger partial charge < -0.3 is 10.6 Å². The Hall–Kier alpha value is -2.01. The lowest BCUT2D eigenvalue weighted by molar-refractivity contribution is 0.764. The predicted octanol–water partition coefficient (Wildman–Crippen LogP) is 2.02. The zero-order valence-electron chi connectivity index (χ0n) is 13.0. The van der Waals surface area contributed by atoms with Gasteiger partial charge in [-0.15, -0.1) is 0 Å². The molecule has 5 nitrogen and oxygen atoms in total. The Labute approximate surface area is 136 Å². The van der Waals surface area contributed by atoms with Crippen LogP contribution in [0.25, 0.3) is 0 Å². The molecule has 0 spiro atoms. The molecule has 0 aliphatic heterocycles. The summed E-state index contributed by atoms with van der Waals surface area (Å²) in [5.74, 6) is 0.817. The maximum absolute atomic E-state index is 5.88. The third-order valence-electron chi connectivity index (χ3n) is 3.31. The average molecular weight is 320 g/mol. The molecule has 1 aromatic heterocycles. The first-order valence-corrected chi connectivity index (χ1v) is 7.71. The molecule has 6 heteroatoms. The second kappa shape index (κ2) is 8.44. The first kappa shape index (κ1) is 16.4. The molecule has 2 rings (SSSR count). The normalized spacial score (nSPS) is 11.5. The van der Waals surface area contributed by atoms with E-state index < -0.39 is 0 Å². The van der Waals surface area contributed by atoms with Crippen LogP contribution < -0.4 is 10.6 Å². The van der Waals surface area contributed by atoms with Gasteiger partial charge in [-0.2, -0.15) is 5.10 Å². The summed E-state index contributed by atoms with van der Waals surface area (Å²) in [6, 6.07) is 7.92. The van der Waals surface area contributed by atoms with Gasteiger partial charge in [-0.05, 0) is 36.1 Å². The maximum Gasteiger partial charge on any atom is 0.190 e. The summed E-state index contributed by atoms with van der Waals surface area (Å²) < 4.78 is 1.81. The van der Waals surface area contributed by atoms with Gasteiger partial charge in [0.1, 0.15) is 0 Å². The van der Waals surface area contributed by atoms with Crippen LogP contribution in [-0.4, -0.2) is 35.9 Å². The molecule has 118 valence electrons. The van der Waals surface area contributed by atoms with E-state index in [4.69, 9.17) is 11.6 Å². The van der Waals surface area contributed by atoms with Crippen molar-refractivity contribution in [3.63, 3.8) is 0 Å². The van der Waals surface area contributed by atoms with Crippen LogP contribution in [-0.2, 0) is 19.9 Å². The molecule has 0 fully saturated rings. The predicted molar refractivity (Wildman–Crippen MR) is 91.4 cm³/mol. The fourth-order valence-electron chi connectivity index (χ4n) is 2.12. The molecule has 0 aliphatic carbocycles. The van der Waals surface area contributed by atoms with Crippen molar-refractivity contribution in [2.45, 2.75) is 12.8 Å². The van der Waals surface area contributed by atoms with Crippen LogP contribution in [0.4, 0.5) is 0 Å². The molecule has 0 atom stereocenters. The van der Waals surface area contributed by atoms with Crippen molar-refractivity contribution in [1.29, 1.82) is 0 Å². The van der Waals surface area contributed by atoms with Gasteiger partial charge in [0, 0.05) is 38.4 Å². The molecule has 0 aliphatic rings. The van der Waals surface area contributed by atoms with Gasteiger partial charge in [-0.25, -0.2) is 0 Å². The number of halogens is 1. The average Bonchev–Trinajstić information content (AvgIpc) is 2.93. The van der Waals surface area contributed by atoms with E-state index in [0.29, 0.717) is 0 Å². The highest BCUT2D eigenvalue weighted by atomic mass is 35.5. The number of nitrogens with zero attached hydrogens (tertiary/aromatic N) is 3. The lowest BCUT2D eigenvalue weighted by Crippen LogP contribution is -2.39. The highest BCUT2D eigenvalue weighted by molar-refractivity contribution is 6.30. The molecule has 0 radical (unpaired) electrons. The zero-order valence-corrected chi connectivity index (χ0v) is 13.8. The molecule has 0 amide bonds. The molecule has 2 N–H and O–H groups in total. The lowest BCUT2D eigenvalue weighted by atomic mass is 10.1. The number of aliphatic imine (C=N–C) groups is 1. The summed E-state index contributed by atoms with van der Waals surface area (Å²) in [5.41, 5.74) is 2.47. The smallest absolute Gasteiger partial charge is 0.190 e. The van der Waals surface area contributed by atoms with Gasteiger partial charge in [0.15, 0.2) is 5.96 Å². The Kier molecular flexibility index (Phi) is 6.27. The van der Waals surface area contributed by atoms with E-state index in [9.17, 15) is 0 Å². The molecule has 0 saturated heterocycles.